The second-order valence-corrected chi connectivity index (χ2v) is 8.39. The van der Waals surface area contributed by atoms with Crippen LogP contribution in [0.5, 0.6) is 5.75 Å². The highest BCUT2D eigenvalue weighted by Gasteiger charge is 2.16. The molecule has 0 radical (unpaired) electrons. The van der Waals surface area contributed by atoms with Gasteiger partial charge in [-0.25, -0.2) is 4.98 Å². The van der Waals surface area contributed by atoms with Gasteiger partial charge in [-0.1, -0.05) is 23.7 Å². The summed E-state index contributed by atoms with van der Waals surface area (Å²) in [6.07, 6.45) is 0. The fourth-order valence-corrected chi connectivity index (χ4v) is 4.22. The van der Waals surface area contributed by atoms with Crippen LogP contribution in [0.15, 0.2) is 53.9 Å². The molecule has 1 unspecified atom stereocenters. The highest BCUT2D eigenvalue weighted by molar-refractivity contribution is 7.99. The number of aromatic nitrogens is 1. The van der Waals surface area contributed by atoms with Gasteiger partial charge in [0.2, 0.25) is 5.91 Å². The van der Waals surface area contributed by atoms with Crippen molar-refractivity contribution in [2.24, 2.45) is 0 Å². The number of thioether (sulfide) groups is 1. The first kappa shape index (κ1) is 19.7. The number of ether oxygens (including phenoxy) is 1. The number of amides is 1. The summed E-state index contributed by atoms with van der Waals surface area (Å²) in [6.45, 7) is 1.88. The van der Waals surface area contributed by atoms with Crippen LogP contribution in [-0.2, 0) is 10.5 Å². The van der Waals surface area contributed by atoms with Crippen LogP contribution in [0.25, 0.3) is 10.6 Å². The molecule has 0 saturated carbocycles. The average Bonchev–Trinajstić information content (AvgIpc) is 3.17. The Morgan fingerprint density at radius 3 is 2.70 bits per heavy atom. The largest absolute Gasteiger partial charge is 0.497 e. The first-order valence-corrected chi connectivity index (χ1v) is 10.6. The number of methoxy groups -OCH3 is 1. The lowest BCUT2D eigenvalue weighted by atomic mass is 10.2. The summed E-state index contributed by atoms with van der Waals surface area (Å²) >= 11 is 9.23. The van der Waals surface area contributed by atoms with Gasteiger partial charge in [0.05, 0.1) is 28.8 Å². The van der Waals surface area contributed by atoms with Crippen LogP contribution < -0.4 is 10.1 Å². The minimum Gasteiger partial charge on any atom is -0.497 e. The molecule has 0 fully saturated rings. The highest BCUT2D eigenvalue weighted by atomic mass is 35.5. The molecule has 1 amide bonds. The van der Waals surface area contributed by atoms with E-state index in [1.807, 2.05) is 48.7 Å². The topological polar surface area (TPSA) is 51.2 Å². The number of para-hydroxylation sites is 1. The van der Waals surface area contributed by atoms with Crippen molar-refractivity contribution in [2.45, 2.75) is 17.9 Å². The molecule has 3 aromatic rings. The monoisotopic (exact) mass is 418 g/mol. The van der Waals surface area contributed by atoms with Gasteiger partial charge in [0.1, 0.15) is 10.8 Å². The maximum Gasteiger partial charge on any atom is 0.237 e. The Bertz CT molecular complexity index is 912. The minimum absolute atomic E-state index is 0.0706. The lowest BCUT2D eigenvalue weighted by Gasteiger charge is -2.12. The van der Waals surface area contributed by atoms with E-state index in [-0.39, 0.29) is 11.2 Å². The molecule has 1 atom stereocenters. The zero-order valence-electron chi connectivity index (χ0n) is 14.9. The highest BCUT2D eigenvalue weighted by Crippen LogP contribution is 2.28. The van der Waals surface area contributed by atoms with Gasteiger partial charge in [-0.15, -0.1) is 23.1 Å². The third-order valence-electron chi connectivity index (χ3n) is 3.87. The van der Waals surface area contributed by atoms with Crippen LogP contribution in [0.4, 0.5) is 5.69 Å². The Hall–Kier alpha value is -2.02. The van der Waals surface area contributed by atoms with E-state index in [0.29, 0.717) is 16.5 Å². The Kier molecular flexibility index (Phi) is 6.77. The normalized spacial score (nSPS) is 11.8. The summed E-state index contributed by atoms with van der Waals surface area (Å²) < 4.78 is 5.18. The molecular weight excluding hydrogens is 400 g/mol. The fourth-order valence-electron chi connectivity index (χ4n) is 2.32. The van der Waals surface area contributed by atoms with Crippen LogP contribution in [0, 0.1) is 0 Å². The number of nitrogens with zero attached hydrogens (tertiary/aromatic N) is 1. The van der Waals surface area contributed by atoms with Crippen molar-refractivity contribution < 1.29 is 9.53 Å². The molecule has 1 heterocycles. The summed E-state index contributed by atoms with van der Waals surface area (Å²) in [5.74, 6) is 1.42. The van der Waals surface area contributed by atoms with E-state index in [1.54, 1.807) is 42.3 Å². The predicted molar refractivity (Wildman–Crippen MR) is 115 cm³/mol. The van der Waals surface area contributed by atoms with Gasteiger partial charge >= 0.3 is 0 Å². The average molecular weight is 419 g/mol. The zero-order valence-corrected chi connectivity index (χ0v) is 17.3. The number of rotatable bonds is 7. The summed E-state index contributed by atoms with van der Waals surface area (Å²) in [5, 5.41) is 6.18. The molecule has 0 spiro atoms. The van der Waals surface area contributed by atoms with Crippen LogP contribution in [0.2, 0.25) is 5.02 Å². The molecule has 7 heteroatoms. The molecule has 0 aliphatic heterocycles. The van der Waals surface area contributed by atoms with Gasteiger partial charge in [-0.05, 0) is 43.3 Å². The number of halogens is 1. The third-order valence-corrected chi connectivity index (χ3v) is 6.32. The van der Waals surface area contributed by atoms with Crippen molar-refractivity contribution in [1.29, 1.82) is 0 Å². The standard InChI is InChI=1S/C20H19ClN2O2S2/c1-13(19(24)23-18-6-4-3-5-17(18)21)26-11-15-12-27-20(22-15)14-7-9-16(25-2)10-8-14/h3-10,12-13H,11H2,1-2H3,(H,23,24). The number of anilines is 1. The molecule has 140 valence electrons. The van der Waals surface area contributed by atoms with Crippen molar-refractivity contribution in [1.82, 2.24) is 4.98 Å². The number of carbonyl (C=O) groups excluding carboxylic acids is 1. The van der Waals surface area contributed by atoms with Gasteiger partial charge < -0.3 is 10.1 Å². The van der Waals surface area contributed by atoms with Crippen molar-refractivity contribution in [3.05, 3.63) is 64.6 Å². The van der Waals surface area contributed by atoms with E-state index in [4.69, 9.17) is 16.3 Å². The number of nitrogens with one attached hydrogen (secondary N) is 1. The van der Waals surface area contributed by atoms with E-state index in [1.165, 1.54) is 0 Å². The van der Waals surface area contributed by atoms with Gasteiger partial charge in [0, 0.05) is 16.7 Å². The van der Waals surface area contributed by atoms with Crippen molar-refractivity contribution in [3.8, 4) is 16.3 Å². The molecule has 0 aliphatic carbocycles. The molecule has 0 aliphatic rings. The van der Waals surface area contributed by atoms with Crippen LogP contribution in [0.1, 0.15) is 12.6 Å². The number of thiazole rings is 1. The van der Waals surface area contributed by atoms with E-state index < -0.39 is 0 Å². The minimum atomic E-state index is -0.215. The quantitative estimate of drug-likeness (QED) is 0.532. The molecule has 0 bridgehead atoms. The van der Waals surface area contributed by atoms with Crippen LogP contribution >= 0.6 is 34.7 Å². The van der Waals surface area contributed by atoms with Crippen molar-refractivity contribution in [3.63, 3.8) is 0 Å². The second-order valence-electron chi connectivity index (χ2n) is 5.79. The predicted octanol–water partition coefficient (Wildman–Crippen LogP) is 5.73. The molecule has 0 saturated heterocycles. The first-order valence-electron chi connectivity index (χ1n) is 8.32. The second kappa shape index (κ2) is 9.26. The molecule has 2 aromatic carbocycles. The summed E-state index contributed by atoms with van der Waals surface area (Å²) in [6, 6.07) is 15.1. The van der Waals surface area contributed by atoms with Crippen molar-refractivity contribution >= 4 is 46.3 Å². The molecule has 4 nitrogen and oxygen atoms in total. The molecule has 3 rings (SSSR count). The number of hydrogen-bond donors (Lipinski definition) is 1. The number of hydrogen-bond acceptors (Lipinski definition) is 5. The summed E-state index contributed by atoms with van der Waals surface area (Å²) in [4.78, 5) is 17.0. The number of benzene rings is 2. The summed E-state index contributed by atoms with van der Waals surface area (Å²) in [5.41, 5.74) is 2.65. The molecular formula is C20H19ClN2O2S2. The van der Waals surface area contributed by atoms with E-state index in [2.05, 4.69) is 10.3 Å². The van der Waals surface area contributed by atoms with Gasteiger partial charge in [-0.2, -0.15) is 0 Å². The SMILES string of the molecule is COc1ccc(-c2nc(CSC(C)C(=O)Nc3ccccc3Cl)cs2)cc1. The smallest absolute Gasteiger partial charge is 0.237 e. The Balaban J connectivity index is 1.56. The van der Waals surface area contributed by atoms with E-state index >= 15 is 0 Å². The van der Waals surface area contributed by atoms with E-state index in [0.717, 1.165) is 22.0 Å². The Morgan fingerprint density at radius 2 is 2.00 bits per heavy atom. The molecule has 1 N–H and O–H groups in total. The lowest BCUT2D eigenvalue weighted by molar-refractivity contribution is -0.115. The molecule has 1 aromatic heterocycles. The Labute approximate surface area is 171 Å². The summed E-state index contributed by atoms with van der Waals surface area (Å²) in [7, 11) is 1.65. The molecule has 27 heavy (non-hydrogen) atoms. The fraction of sp³-hybridized carbons (Fsp3) is 0.200. The number of carbonyl (C=O) groups is 1. The van der Waals surface area contributed by atoms with Gasteiger partial charge in [0.25, 0.3) is 0 Å². The third kappa shape index (κ3) is 5.25. The lowest BCUT2D eigenvalue weighted by Crippen LogP contribution is -2.22. The maximum absolute atomic E-state index is 12.4. The van der Waals surface area contributed by atoms with Gasteiger partial charge in [0.15, 0.2) is 0 Å². The van der Waals surface area contributed by atoms with Crippen molar-refractivity contribution in [2.75, 3.05) is 12.4 Å². The van der Waals surface area contributed by atoms with Gasteiger partial charge in [-0.3, -0.25) is 4.79 Å². The van der Waals surface area contributed by atoms with Crippen LogP contribution in [-0.4, -0.2) is 23.3 Å². The zero-order chi connectivity index (χ0) is 19.2. The van der Waals surface area contributed by atoms with Crippen LogP contribution in [0.3, 0.4) is 0 Å². The Morgan fingerprint density at radius 1 is 1.26 bits per heavy atom. The first-order chi connectivity index (χ1) is 13.1. The maximum atomic E-state index is 12.4. The van der Waals surface area contributed by atoms with E-state index in [9.17, 15) is 4.79 Å².